The molecule has 4 aliphatic rings. The number of hydrogen-bond acceptors (Lipinski definition) is 10. The zero-order valence-electron chi connectivity index (χ0n) is 27.5. The average Bonchev–Trinajstić information content (AvgIpc) is 2.99. The predicted molar refractivity (Wildman–Crippen MR) is 170 cm³/mol. The van der Waals surface area contributed by atoms with E-state index in [2.05, 4.69) is 24.8 Å². The first-order valence-corrected chi connectivity index (χ1v) is 18.0. The number of carbonyl (C=O) groups excluding carboxylic acids is 1. The molecule has 49 heavy (non-hydrogen) atoms. The van der Waals surface area contributed by atoms with Gasteiger partial charge in [0.25, 0.3) is 22.0 Å². The molecule has 2 atom stereocenters. The Kier molecular flexibility index (Phi) is 10.3. The van der Waals surface area contributed by atoms with E-state index in [1.54, 1.807) is 0 Å². The third-order valence-electron chi connectivity index (χ3n) is 9.76. The average molecular weight is 715 g/mol. The number of amides is 1. The van der Waals surface area contributed by atoms with Gasteiger partial charge in [0.2, 0.25) is 0 Å². The van der Waals surface area contributed by atoms with E-state index in [1.165, 1.54) is 30.5 Å². The van der Waals surface area contributed by atoms with E-state index in [1.807, 2.05) is 4.90 Å². The predicted octanol–water partition coefficient (Wildman–Crippen LogP) is 3.21. The number of anilines is 1. The molecule has 0 unspecified atom stereocenters. The van der Waals surface area contributed by atoms with Crippen molar-refractivity contribution in [2.75, 3.05) is 63.9 Å². The number of rotatable bonds is 11. The van der Waals surface area contributed by atoms with Crippen LogP contribution in [0.5, 0.6) is 11.6 Å². The zero-order chi connectivity index (χ0) is 35.0. The lowest BCUT2D eigenvalue weighted by Gasteiger charge is -2.54. The van der Waals surface area contributed by atoms with Crippen LogP contribution in [0, 0.1) is 11.2 Å². The van der Waals surface area contributed by atoms with Gasteiger partial charge in [-0.3, -0.25) is 4.79 Å². The molecular weight excluding hydrogens is 672 g/mol. The van der Waals surface area contributed by atoms with Crippen LogP contribution in [-0.4, -0.2) is 127 Å². The highest BCUT2D eigenvalue weighted by Crippen LogP contribution is 2.44. The van der Waals surface area contributed by atoms with Gasteiger partial charge in [-0.05, 0) is 77.2 Å². The summed E-state index contributed by atoms with van der Waals surface area (Å²) in [6.07, 6.45) is 0.975. The zero-order valence-corrected chi connectivity index (χ0v) is 28.3. The maximum atomic E-state index is 14.3. The Hall–Kier alpha value is -3.19. The Bertz CT molecular complexity index is 1590. The molecule has 2 aromatic rings. The third-order valence-corrected chi connectivity index (χ3v) is 11.4. The summed E-state index contributed by atoms with van der Waals surface area (Å²) in [5.41, 5.74) is -0.314. The molecule has 1 aromatic heterocycles. The first-order valence-electron chi connectivity index (χ1n) is 16.6. The van der Waals surface area contributed by atoms with E-state index in [9.17, 15) is 30.8 Å². The van der Waals surface area contributed by atoms with Crippen LogP contribution in [-0.2, 0) is 14.9 Å². The van der Waals surface area contributed by atoms with Gasteiger partial charge >= 0.3 is 6.18 Å². The fourth-order valence-electron chi connectivity index (χ4n) is 6.82. The molecule has 0 bridgehead atoms. The summed E-state index contributed by atoms with van der Waals surface area (Å²) in [6, 6.07) is 2.07. The Balaban J connectivity index is 1.02. The summed E-state index contributed by atoms with van der Waals surface area (Å²) >= 11 is 0. The summed E-state index contributed by atoms with van der Waals surface area (Å²) in [5.74, 6) is -1.65. The maximum absolute atomic E-state index is 14.3. The number of hydrogen-bond donors (Lipinski definition) is 1. The minimum absolute atomic E-state index is 0.0396. The molecule has 0 radical (unpaired) electrons. The molecule has 0 aliphatic carbocycles. The van der Waals surface area contributed by atoms with E-state index in [4.69, 9.17) is 9.47 Å². The maximum Gasteiger partial charge on any atom is 0.406 e. The van der Waals surface area contributed by atoms with E-state index in [0.29, 0.717) is 43.5 Å². The molecular formula is C31H42F4N8O5S. The molecule has 270 valence electrons. The molecule has 4 aliphatic heterocycles. The van der Waals surface area contributed by atoms with Gasteiger partial charge in [-0.2, -0.15) is 30.6 Å². The molecule has 5 heterocycles. The van der Waals surface area contributed by atoms with Crippen molar-refractivity contribution in [1.29, 1.82) is 0 Å². The second-order valence-electron chi connectivity index (χ2n) is 13.7. The van der Waals surface area contributed by atoms with Crippen molar-refractivity contribution in [1.82, 2.24) is 34.0 Å². The Labute approximate surface area is 283 Å². The Morgan fingerprint density at radius 1 is 1.16 bits per heavy atom. The number of ether oxygens (including phenoxy) is 2. The number of nitrogens with zero attached hydrogens (tertiary/aromatic N) is 7. The lowest BCUT2D eigenvalue weighted by Crippen LogP contribution is -2.61. The normalized spacial score (nSPS) is 23.3. The molecule has 1 amide bonds. The van der Waals surface area contributed by atoms with E-state index < -0.39 is 40.7 Å². The number of likely N-dealkylation sites (tertiary alicyclic amines) is 1. The molecule has 4 fully saturated rings. The van der Waals surface area contributed by atoms with Gasteiger partial charge in [-0.1, -0.05) is 0 Å². The second-order valence-corrected chi connectivity index (χ2v) is 15.4. The highest BCUT2D eigenvalue weighted by atomic mass is 32.2. The molecule has 1 N–H and O–H groups in total. The molecule has 1 aromatic carbocycles. The molecule has 0 saturated carbocycles. The molecule has 6 rings (SSSR count). The van der Waals surface area contributed by atoms with Gasteiger partial charge < -0.3 is 24.2 Å². The number of nitrogens with one attached hydrogen (secondary N) is 1. The van der Waals surface area contributed by atoms with Crippen molar-refractivity contribution < 1.29 is 40.2 Å². The van der Waals surface area contributed by atoms with Crippen LogP contribution in [0.1, 0.15) is 56.3 Å². The first-order chi connectivity index (χ1) is 23.2. The Morgan fingerprint density at radius 3 is 2.51 bits per heavy atom. The lowest BCUT2D eigenvalue weighted by molar-refractivity contribution is -0.143. The summed E-state index contributed by atoms with van der Waals surface area (Å²) in [4.78, 5) is 22.6. The van der Waals surface area contributed by atoms with E-state index in [-0.39, 0.29) is 34.8 Å². The summed E-state index contributed by atoms with van der Waals surface area (Å²) in [7, 11) is -3.43. The summed E-state index contributed by atoms with van der Waals surface area (Å²) in [6.45, 7) is 6.80. The molecule has 13 nitrogen and oxygen atoms in total. The van der Waals surface area contributed by atoms with Gasteiger partial charge in [0.05, 0.1) is 18.3 Å². The number of aromatic nitrogens is 3. The van der Waals surface area contributed by atoms with Crippen LogP contribution >= 0.6 is 0 Å². The van der Waals surface area contributed by atoms with Crippen LogP contribution in [0.4, 0.5) is 23.4 Å². The fraction of sp³-hybridized carbons (Fsp3) is 0.677. The van der Waals surface area contributed by atoms with Crippen molar-refractivity contribution in [2.45, 2.75) is 70.3 Å². The van der Waals surface area contributed by atoms with Crippen molar-refractivity contribution in [2.24, 2.45) is 5.41 Å². The van der Waals surface area contributed by atoms with Crippen LogP contribution in [0.15, 0.2) is 24.5 Å². The van der Waals surface area contributed by atoms with Crippen LogP contribution in [0.25, 0.3) is 0 Å². The fourth-order valence-corrected chi connectivity index (χ4v) is 8.32. The largest absolute Gasteiger partial charge is 0.434 e. The smallest absolute Gasteiger partial charge is 0.406 e. The quantitative estimate of drug-likeness (QED) is 0.346. The summed E-state index contributed by atoms with van der Waals surface area (Å²) < 4.78 is 95.0. The van der Waals surface area contributed by atoms with Gasteiger partial charge in [-0.15, -0.1) is 10.2 Å². The van der Waals surface area contributed by atoms with Crippen molar-refractivity contribution in [3.8, 4) is 11.6 Å². The SMILES string of the molecule is CC(C)N(CC(F)(F)F)C(=O)c1cc(F)ccc1Oc1nncnc1N1CC2(CCN(C[C@@H]3CC[C@@H](NS(=O)(=O)N4CCC4)CO3)CC2)C1. The molecule has 4 saturated heterocycles. The van der Waals surface area contributed by atoms with Crippen molar-refractivity contribution in [3.63, 3.8) is 0 Å². The van der Waals surface area contributed by atoms with E-state index >= 15 is 0 Å². The van der Waals surface area contributed by atoms with Gasteiger partial charge in [0.1, 0.15) is 24.4 Å². The van der Waals surface area contributed by atoms with Crippen LogP contribution in [0.3, 0.4) is 0 Å². The topological polar surface area (TPSA) is 133 Å². The number of alkyl halides is 3. The second kappa shape index (κ2) is 14.2. The minimum atomic E-state index is -4.65. The number of carbonyl (C=O) groups is 1. The van der Waals surface area contributed by atoms with Gasteiger partial charge in [0.15, 0.2) is 5.82 Å². The monoisotopic (exact) mass is 714 g/mol. The highest BCUT2D eigenvalue weighted by Gasteiger charge is 2.47. The van der Waals surface area contributed by atoms with Crippen LogP contribution in [0.2, 0.25) is 0 Å². The first kappa shape index (κ1) is 35.6. The van der Waals surface area contributed by atoms with Crippen molar-refractivity contribution in [3.05, 3.63) is 35.9 Å². The summed E-state index contributed by atoms with van der Waals surface area (Å²) in [5, 5.41) is 7.86. The number of benzene rings is 1. The van der Waals surface area contributed by atoms with Crippen LogP contribution < -0.4 is 14.4 Å². The lowest BCUT2D eigenvalue weighted by atomic mass is 9.72. The molecule has 18 heteroatoms. The van der Waals surface area contributed by atoms with Crippen molar-refractivity contribution >= 4 is 21.9 Å². The third kappa shape index (κ3) is 8.41. The highest BCUT2D eigenvalue weighted by molar-refractivity contribution is 7.87. The van der Waals surface area contributed by atoms with E-state index in [0.717, 1.165) is 63.9 Å². The standard InChI is InChI=1S/C31H42F4N8O5S/c1-21(2)43(19-31(33,34)35)29(44)25-14-22(32)4-7-26(25)48-28-27(36-20-37-38-28)41-17-30(18-41)8-12-40(13-9-30)15-24-6-5-23(16-47-24)39-49(45,46)42-10-3-11-42/h4,7,14,20-21,23-24,39H,3,5-6,8-13,15-19H2,1-2H3/t23-,24+/m1/s1. The number of halogens is 4. The Morgan fingerprint density at radius 2 is 1.90 bits per heavy atom. The minimum Gasteiger partial charge on any atom is -0.434 e. The number of piperidine rings is 1. The van der Waals surface area contributed by atoms with Gasteiger partial charge in [-0.25, -0.2) is 9.37 Å². The van der Waals surface area contributed by atoms with Gasteiger partial charge in [0, 0.05) is 50.2 Å². The molecule has 1 spiro atoms.